The Morgan fingerprint density at radius 2 is 2.28 bits per heavy atom. The molecular formula is C14H16N2O2. The van der Waals surface area contributed by atoms with Crippen LogP contribution < -0.4 is 5.73 Å². The first kappa shape index (κ1) is 12.7. The van der Waals surface area contributed by atoms with Crippen molar-refractivity contribution in [3.63, 3.8) is 0 Å². The predicted molar refractivity (Wildman–Crippen MR) is 70.5 cm³/mol. The molecule has 1 unspecified atom stereocenters. The van der Waals surface area contributed by atoms with Gasteiger partial charge in [-0.15, -0.1) is 0 Å². The summed E-state index contributed by atoms with van der Waals surface area (Å²) in [4.78, 5) is 16.3. The summed E-state index contributed by atoms with van der Waals surface area (Å²) in [6.45, 7) is 0.485. The molecule has 2 aromatic rings. The van der Waals surface area contributed by atoms with E-state index in [-0.39, 0.29) is 5.78 Å². The van der Waals surface area contributed by atoms with Gasteiger partial charge in [0.2, 0.25) is 0 Å². The van der Waals surface area contributed by atoms with Crippen LogP contribution in [0.25, 0.3) is 10.9 Å². The summed E-state index contributed by atoms with van der Waals surface area (Å²) >= 11 is 0. The van der Waals surface area contributed by atoms with E-state index in [9.17, 15) is 4.79 Å². The number of methoxy groups -OCH3 is 1. The average molecular weight is 244 g/mol. The minimum Gasteiger partial charge on any atom is -0.385 e. The third-order valence-corrected chi connectivity index (χ3v) is 2.86. The molecule has 1 heterocycles. The molecule has 1 aromatic heterocycles. The van der Waals surface area contributed by atoms with E-state index in [2.05, 4.69) is 4.98 Å². The van der Waals surface area contributed by atoms with Crippen molar-refractivity contribution in [1.29, 1.82) is 0 Å². The monoisotopic (exact) mass is 244 g/mol. The third-order valence-electron chi connectivity index (χ3n) is 2.86. The lowest BCUT2D eigenvalue weighted by molar-refractivity contribution is 0.0935. The van der Waals surface area contributed by atoms with Crippen molar-refractivity contribution in [3.8, 4) is 0 Å². The molecule has 0 saturated carbocycles. The normalized spacial score (nSPS) is 12.6. The Labute approximate surface area is 106 Å². The van der Waals surface area contributed by atoms with Crippen LogP contribution in [0.1, 0.15) is 16.8 Å². The van der Waals surface area contributed by atoms with E-state index in [0.29, 0.717) is 18.6 Å². The maximum absolute atomic E-state index is 12.1. The minimum absolute atomic E-state index is 0.0698. The van der Waals surface area contributed by atoms with Gasteiger partial charge in [-0.2, -0.15) is 0 Å². The SMILES string of the molecule is COCCC(N)C(=O)c1ccc2cccnc2c1. The summed E-state index contributed by atoms with van der Waals surface area (Å²) in [6, 6.07) is 8.77. The molecule has 0 saturated heterocycles. The van der Waals surface area contributed by atoms with Crippen molar-refractivity contribution in [2.75, 3.05) is 13.7 Å². The maximum atomic E-state index is 12.1. The number of Topliss-reactive ketones (excluding diaryl/α,β-unsaturated/α-hetero) is 1. The van der Waals surface area contributed by atoms with E-state index in [0.717, 1.165) is 10.9 Å². The number of rotatable bonds is 5. The zero-order valence-electron chi connectivity index (χ0n) is 10.3. The summed E-state index contributed by atoms with van der Waals surface area (Å²) < 4.78 is 4.92. The first-order valence-electron chi connectivity index (χ1n) is 5.86. The first-order chi connectivity index (χ1) is 8.72. The fourth-order valence-electron chi connectivity index (χ4n) is 1.81. The van der Waals surface area contributed by atoms with Crippen LogP contribution in [0.4, 0.5) is 0 Å². The molecule has 0 fully saturated rings. The van der Waals surface area contributed by atoms with Crippen molar-refractivity contribution >= 4 is 16.7 Å². The zero-order chi connectivity index (χ0) is 13.0. The van der Waals surface area contributed by atoms with Gasteiger partial charge in [0.1, 0.15) is 0 Å². The van der Waals surface area contributed by atoms with Crippen molar-refractivity contribution in [3.05, 3.63) is 42.1 Å². The van der Waals surface area contributed by atoms with Gasteiger partial charge in [0.05, 0.1) is 11.6 Å². The van der Waals surface area contributed by atoms with Crippen LogP contribution in [0.5, 0.6) is 0 Å². The van der Waals surface area contributed by atoms with Gasteiger partial charge in [0.25, 0.3) is 0 Å². The molecule has 2 N–H and O–H groups in total. The Hall–Kier alpha value is -1.78. The Morgan fingerprint density at radius 3 is 3.06 bits per heavy atom. The molecule has 0 radical (unpaired) electrons. The van der Waals surface area contributed by atoms with Crippen LogP contribution >= 0.6 is 0 Å². The average Bonchev–Trinajstić information content (AvgIpc) is 2.43. The van der Waals surface area contributed by atoms with Crippen LogP contribution in [0.2, 0.25) is 0 Å². The van der Waals surface area contributed by atoms with E-state index in [1.54, 1.807) is 25.4 Å². The van der Waals surface area contributed by atoms with Gasteiger partial charge in [-0.1, -0.05) is 18.2 Å². The summed E-state index contributed by atoms with van der Waals surface area (Å²) in [5.41, 5.74) is 7.24. The second kappa shape index (κ2) is 5.71. The molecule has 2 rings (SSSR count). The predicted octanol–water partition coefficient (Wildman–Crippen LogP) is 1.78. The largest absolute Gasteiger partial charge is 0.385 e. The molecule has 0 aliphatic carbocycles. The quantitative estimate of drug-likeness (QED) is 0.814. The van der Waals surface area contributed by atoms with E-state index < -0.39 is 6.04 Å². The fourth-order valence-corrected chi connectivity index (χ4v) is 1.81. The Bertz CT molecular complexity index is 554. The topological polar surface area (TPSA) is 65.2 Å². The molecule has 18 heavy (non-hydrogen) atoms. The zero-order valence-corrected chi connectivity index (χ0v) is 10.3. The van der Waals surface area contributed by atoms with Gasteiger partial charge in [-0.05, 0) is 18.6 Å². The van der Waals surface area contributed by atoms with Crippen LogP contribution in [0, 0.1) is 0 Å². The van der Waals surface area contributed by atoms with Gasteiger partial charge < -0.3 is 10.5 Å². The van der Waals surface area contributed by atoms with E-state index in [1.165, 1.54) is 0 Å². The second-order valence-electron chi connectivity index (χ2n) is 4.16. The second-order valence-corrected chi connectivity index (χ2v) is 4.16. The summed E-state index contributed by atoms with van der Waals surface area (Å²) in [5, 5.41) is 1.01. The van der Waals surface area contributed by atoms with Crippen LogP contribution in [-0.2, 0) is 4.74 Å². The number of fused-ring (bicyclic) bond motifs is 1. The van der Waals surface area contributed by atoms with E-state index in [1.807, 2.05) is 18.2 Å². The lowest BCUT2D eigenvalue weighted by atomic mass is 10.0. The number of ether oxygens (including phenoxy) is 1. The van der Waals surface area contributed by atoms with Gasteiger partial charge >= 0.3 is 0 Å². The highest BCUT2D eigenvalue weighted by molar-refractivity contribution is 6.02. The highest BCUT2D eigenvalue weighted by atomic mass is 16.5. The van der Waals surface area contributed by atoms with Crippen molar-refractivity contribution in [1.82, 2.24) is 4.98 Å². The van der Waals surface area contributed by atoms with Gasteiger partial charge in [0.15, 0.2) is 5.78 Å². The Morgan fingerprint density at radius 1 is 1.44 bits per heavy atom. The molecule has 0 bridgehead atoms. The lowest BCUT2D eigenvalue weighted by Crippen LogP contribution is -2.31. The van der Waals surface area contributed by atoms with Gasteiger partial charge in [-0.25, -0.2) is 0 Å². The number of carbonyl (C=O) groups excluding carboxylic acids is 1. The van der Waals surface area contributed by atoms with Crippen LogP contribution in [-0.4, -0.2) is 30.5 Å². The highest BCUT2D eigenvalue weighted by Crippen LogP contribution is 2.14. The standard InChI is InChI=1S/C14H16N2O2/c1-18-8-6-12(15)14(17)11-5-4-10-3-2-7-16-13(10)9-11/h2-5,7,9,12H,6,8,15H2,1H3. The molecule has 4 heteroatoms. The third kappa shape index (κ3) is 2.72. The summed E-state index contributed by atoms with van der Waals surface area (Å²) in [6.07, 6.45) is 2.23. The highest BCUT2D eigenvalue weighted by Gasteiger charge is 2.15. The first-order valence-corrected chi connectivity index (χ1v) is 5.86. The van der Waals surface area contributed by atoms with E-state index in [4.69, 9.17) is 10.5 Å². The number of carbonyl (C=O) groups is 1. The van der Waals surface area contributed by atoms with E-state index >= 15 is 0 Å². The molecule has 0 spiro atoms. The Kier molecular flexibility index (Phi) is 4.02. The number of ketones is 1. The molecule has 4 nitrogen and oxygen atoms in total. The molecule has 94 valence electrons. The fraction of sp³-hybridized carbons (Fsp3) is 0.286. The number of nitrogens with zero attached hydrogens (tertiary/aromatic N) is 1. The van der Waals surface area contributed by atoms with Crippen LogP contribution in [0.15, 0.2) is 36.5 Å². The number of aromatic nitrogens is 1. The number of hydrogen-bond donors (Lipinski definition) is 1. The van der Waals surface area contributed by atoms with Crippen molar-refractivity contribution in [2.45, 2.75) is 12.5 Å². The molecular weight excluding hydrogens is 228 g/mol. The maximum Gasteiger partial charge on any atom is 0.179 e. The minimum atomic E-state index is -0.522. The number of nitrogens with two attached hydrogens (primary N) is 1. The molecule has 1 aromatic carbocycles. The molecule has 0 aliphatic heterocycles. The van der Waals surface area contributed by atoms with Crippen molar-refractivity contribution < 1.29 is 9.53 Å². The lowest BCUT2D eigenvalue weighted by Gasteiger charge is -2.10. The summed E-state index contributed by atoms with van der Waals surface area (Å²) in [7, 11) is 1.59. The smallest absolute Gasteiger partial charge is 0.179 e. The van der Waals surface area contributed by atoms with Crippen molar-refractivity contribution in [2.24, 2.45) is 5.73 Å². The van der Waals surface area contributed by atoms with Gasteiger partial charge in [0, 0.05) is 30.9 Å². The summed E-state index contributed by atoms with van der Waals surface area (Å²) in [5.74, 6) is -0.0698. The number of hydrogen-bond acceptors (Lipinski definition) is 4. The molecule has 1 atom stereocenters. The van der Waals surface area contributed by atoms with Gasteiger partial charge in [-0.3, -0.25) is 9.78 Å². The molecule has 0 aliphatic rings. The number of benzene rings is 1. The number of pyridine rings is 1. The van der Waals surface area contributed by atoms with Crippen LogP contribution in [0.3, 0.4) is 0 Å². The Balaban J connectivity index is 2.22. The molecule has 0 amide bonds.